The molecule has 1 fully saturated rings. The minimum Gasteiger partial charge on any atom is -0.355 e. The fourth-order valence-corrected chi connectivity index (χ4v) is 3.75. The molecule has 1 aromatic carbocycles. The Morgan fingerprint density at radius 1 is 1.04 bits per heavy atom. The first-order valence-corrected chi connectivity index (χ1v) is 8.68. The summed E-state index contributed by atoms with van der Waals surface area (Å²) in [6.45, 7) is 3.36. The molecular formula is C19H22N4O. The van der Waals surface area contributed by atoms with E-state index in [2.05, 4.69) is 39.1 Å². The Kier molecular flexibility index (Phi) is 4.15. The van der Waals surface area contributed by atoms with Crippen molar-refractivity contribution in [2.75, 3.05) is 24.5 Å². The van der Waals surface area contributed by atoms with Gasteiger partial charge in [0, 0.05) is 44.5 Å². The highest BCUT2D eigenvalue weighted by Crippen LogP contribution is 2.26. The van der Waals surface area contributed by atoms with Crippen LogP contribution in [0.5, 0.6) is 0 Å². The van der Waals surface area contributed by atoms with Gasteiger partial charge in [-0.25, -0.2) is 4.98 Å². The topological polar surface area (TPSA) is 49.3 Å². The maximum Gasteiger partial charge on any atom is 0.226 e. The normalized spacial score (nSPS) is 18.3. The van der Waals surface area contributed by atoms with Crippen LogP contribution in [0.25, 0.3) is 0 Å². The summed E-state index contributed by atoms with van der Waals surface area (Å²) in [5.74, 6) is 1.38. The molecule has 1 amide bonds. The summed E-state index contributed by atoms with van der Waals surface area (Å²) < 4.78 is 0. The van der Waals surface area contributed by atoms with E-state index >= 15 is 0 Å². The number of hydrogen-bond acceptors (Lipinski definition) is 4. The lowest BCUT2D eigenvalue weighted by Gasteiger charge is -2.36. The molecule has 1 aromatic heterocycles. The van der Waals surface area contributed by atoms with E-state index in [-0.39, 0.29) is 5.92 Å². The molecule has 0 atom stereocenters. The van der Waals surface area contributed by atoms with Gasteiger partial charge in [0.1, 0.15) is 5.82 Å². The van der Waals surface area contributed by atoms with Gasteiger partial charge in [-0.15, -0.1) is 0 Å². The van der Waals surface area contributed by atoms with Crippen LogP contribution < -0.4 is 4.90 Å². The molecule has 0 unspecified atom stereocenters. The molecule has 2 aromatic rings. The SMILES string of the molecule is O=C(C1CCN(c2cnccn2)CC1)N1CCc2ccccc2C1. The van der Waals surface area contributed by atoms with Crippen LogP contribution in [-0.4, -0.2) is 40.4 Å². The molecule has 4 rings (SSSR count). The number of amides is 1. The number of nitrogens with zero attached hydrogens (tertiary/aromatic N) is 4. The minimum atomic E-state index is 0.142. The second-order valence-electron chi connectivity index (χ2n) is 6.60. The van der Waals surface area contributed by atoms with Gasteiger partial charge in [-0.05, 0) is 30.4 Å². The first kappa shape index (κ1) is 15.1. The van der Waals surface area contributed by atoms with Crippen LogP contribution in [0, 0.1) is 5.92 Å². The Hall–Kier alpha value is -2.43. The lowest BCUT2D eigenvalue weighted by Crippen LogP contribution is -2.44. The fraction of sp³-hybridized carbons (Fsp3) is 0.421. The first-order valence-electron chi connectivity index (χ1n) is 8.68. The number of piperidine rings is 1. The molecule has 1 saturated heterocycles. The molecule has 2 aliphatic rings. The van der Waals surface area contributed by atoms with E-state index in [1.807, 2.05) is 4.90 Å². The van der Waals surface area contributed by atoms with Gasteiger partial charge in [0.25, 0.3) is 0 Å². The number of anilines is 1. The summed E-state index contributed by atoms with van der Waals surface area (Å²) in [5.41, 5.74) is 2.69. The largest absolute Gasteiger partial charge is 0.355 e. The average Bonchev–Trinajstić information content (AvgIpc) is 2.68. The molecule has 0 aliphatic carbocycles. The number of hydrogen-bond donors (Lipinski definition) is 0. The van der Waals surface area contributed by atoms with E-state index in [4.69, 9.17) is 0 Å². The quantitative estimate of drug-likeness (QED) is 0.851. The number of carbonyl (C=O) groups excluding carboxylic acids is 1. The monoisotopic (exact) mass is 322 g/mol. The van der Waals surface area contributed by atoms with Crippen LogP contribution in [0.2, 0.25) is 0 Å². The zero-order chi connectivity index (χ0) is 16.4. The summed E-state index contributed by atoms with van der Waals surface area (Å²) in [4.78, 5) is 25.6. The molecule has 0 radical (unpaired) electrons. The summed E-state index contributed by atoms with van der Waals surface area (Å²) in [7, 11) is 0. The Labute approximate surface area is 142 Å². The van der Waals surface area contributed by atoms with Crippen molar-refractivity contribution in [1.82, 2.24) is 14.9 Å². The Morgan fingerprint density at radius 3 is 2.58 bits per heavy atom. The molecule has 124 valence electrons. The summed E-state index contributed by atoms with van der Waals surface area (Å²) in [5, 5.41) is 0. The number of fused-ring (bicyclic) bond motifs is 1. The van der Waals surface area contributed by atoms with Crippen molar-refractivity contribution in [3.63, 3.8) is 0 Å². The smallest absolute Gasteiger partial charge is 0.226 e. The predicted octanol–water partition coefficient (Wildman–Crippen LogP) is 2.28. The lowest BCUT2D eigenvalue weighted by atomic mass is 9.93. The van der Waals surface area contributed by atoms with Crippen molar-refractivity contribution >= 4 is 11.7 Å². The van der Waals surface area contributed by atoms with Crippen molar-refractivity contribution in [2.24, 2.45) is 5.92 Å². The molecular weight excluding hydrogens is 300 g/mol. The van der Waals surface area contributed by atoms with Crippen molar-refractivity contribution in [3.05, 3.63) is 54.0 Å². The summed E-state index contributed by atoms with van der Waals surface area (Å²) in [6, 6.07) is 8.46. The maximum absolute atomic E-state index is 12.9. The van der Waals surface area contributed by atoms with Gasteiger partial charge in [0.05, 0.1) is 6.20 Å². The Balaban J connectivity index is 1.37. The highest BCUT2D eigenvalue weighted by molar-refractivity contribution is 5.79. The molecule has 5 heteroatoms. The zero-order valence-corrected chi connectivity index (χ0v) is 13.8. The van der Waals surface area contributed by atoms with Gasteiger partial charge in [0.2, 0.25) is 5.91 Å². The third kappa shape index (κ3) is 2.98. The lowest BCUT2D eigenvalue weighted by molar-refractivity contribution is -0.137. The Morgan fingerprint density at radius 2 is 1.83 bits per heavy atom. The average molecular weight is 322 g/mol. The second kappa shape index (κ2) is 6.59. The minimum absolute atomic E-state index is 0.142. The molecule has 2 aliphatic heterocycles. The molecule has 0 spiro atoms. The number of rotatable bonds is 2. The van der Waals surface area contributed by atoms with Crippen molar-refractivity contribution in [2.45, 2.75) is 25.8 Å². The van der Waals surface area contributed by atoms with Crippen LogP contribution in [0.15, 0.2) is 42.9 Å². The van der Waals surface area contributed by atoms with E-state index in [0.717, 1.165) is 51.3 Å². The zero-order valence-electron chi connectivity index (χ0n) is 13.8. The number of carbonyl (C=O) groups is 1. The van der Waals surface area contributed by atoms with E-state index in [0.29, 0.717) is 5.91 Å². The molecule has 0 N–H and O–H groups in total. The predicted molar refractivity (Wildman–Crippen MR) is 92.5 cm³/mol. The molecule has 3 heterocycles. The highest BCUT2D eigenvalue weighted by Gasteiger charge is 2.30. The maximum atomic E-state index is 12.9. The third-order valence-corrected chi connectivity index (χ3v) is 5.16. The fourth-order valence-electron chi connectivity index (χ4n) is 3.75. The summed E-state index contributed by atoms with van der Waals surface area (Å²) >= 11 is 0. The van der Waals surface area contributed by atoms with Crippen molar-refractivity contribution < 1.29 is 4.79 Å². The highest BCUT2D eigenvalue weighted by atomic mass is 16.2. The standard InChI is InChI=1S/C19H22N4O/c24-19(23-12-5-15-3-1-2-4-17(15)14-23)16-6-10-22(11-7-16)18-13-20-8-9-21-18/h1-4,8-9,13,16H,5-7,10-12,14H2. The first-order chi connectivity index (χ1) is 11.8. The molecule has 0 bridgehead atoms. The van der Waals surface area contributed by atoms with Crippen LogP contribution in [0.1, 0.15) is 24.0 Å². The number of benzene rings is 1. The van der Waals surface area contributed by atoms with E-state index in [9.17, 15) is 4.79 Å². The van der Waals surface area contributed by atoms with Gasteiger partial charge in [-0.1, -0.05) is 24.3 Å². The van der Waals surface area contributed by atoms with Gasteiger partial charge in [-0.2, -0.15) is 0 Å². The van der Waals surface area contributed by atoms with Gasteiger partial charge < -0.3 is 9.80 Å². The van der Waals surface area contributed by atoms with Crippen LogP contribution >= 0.6 is 0 Å². The van der Waals surface area contributed by atoms with E-state index < -0.39 is 0 Å². The van der Waals surface area contributed by atoms with Crippen LogP contribution in [0.4, 0.5) is 5.82 Å². The molecule has 0 saturated carbocycles. The molecule has 5 nitrogen and oxygen atoms in total. The summed E-state index contributed by atoms with van der Waals surface area (Å²) in [6.07, 6.45) is 7.97. The van der Waals surface area contributed by atoms with Gasteiger partial charge >= 0.3 is 0 Å². The van der Waals surface area contributed by atoms with E-state index in [1.165, 1.54) is 11.1 Å². The van der Waals surface area contributed by atoms with E-state index in [1.54, 1.807) is 18.6 Å². The Bertz CT molecular complexity index is 710. The number of aromatic nitrogens is 2. The second-order valence-corrected chi connectivity index (χ2v) is 6.60. The van der Waals surface area contributed by atoms with Crippen molar-refractivity contribution in [1.29, 1.82) is 0 Å². The van der Waals surface area contributed by atoms with Crippen molar-refractivity contribution in [3.8, 4) is 0 Å². The van der Waals surface area contributed by atoms with Gasteiger partial charge in [0.15, 0.2) is 0 Å². The van der Waals surface area contributed by atoms with Gasteiger partial charge in [-0.3, -0.25) is 9.78 Å². The van der Waals surface area contributed by atoms with Crippen LogP contribution in [-0.2, 0) is 17.8 Å². The van der Waals surface area contributed by atoms with Crippen LogP contribution in [0.3, 0.4) is 0 Å². The third-order valence-electron chi connectivity index (χ3n) is 5.16. The molecule has 24 heavy (non-hydrogen) atoms.